The van der Waals surface area contributed by atoms with Crippen molar-refractivity contribution in [2.45, 2.75) is 13.1 Å². The summed E-state index contributed by atoms with van der Waals surface area (Å²) in [6.07, 6.45) is -3.56. The summed E-state index contributed by atoms with van der Waals surface area (Å²) in [7, 11) is 0. The van der Waals surface area contributed by atoms with Gasteiger partial charge in [-0.2, -0.15) is 13.2 Å². The van der Waals surface area contributed by atoms with Crippen molar-refractivity contribution in [1.82, 2.24) is 9.97 Å². The second kappa shape index (κ2) is 4.36. The summed E-state index contributed by atoms with van der Waals surface area (Å²) >= 11 is 0. The maximum atomic E-state index is 12.7. The van der Waals surface area contributed by atoms with E-state index in [1.165, 1.54) is 19.1 Å². The fourth-order valence-corrected chi connectivity index (χ4v) is 1.51. The van der Waals surface area contributed by atoms with E-state index in [-0.39, 0.29) is 17.0 Å². The van der Waals surface area contributed by atoms with Gasteiger partial charge in [-0.15, -0.1) is 0 Å². The van der Waals surface area contributed by atoms with Crippen LogP contribution in [0.5, 0.6) is 0 Å². The number of halogens is 4. The topological polar surface area (TPSA) is 25.8 Å². The van der Waals surface area contributed by atoms with Crippen molar-refractivity contribution in [3.05, 3.63) is 47.7 Å². The standard InChI is InChI=1S/C12H8F4N2/c1-7-4-8(5-11(18-7)12(14,15)16)10-3-2-9(13)6-17-10/h2-6H,1H3. The Hall–Kier alpha value is -1.98. The highest BCUT2D eigenvalue weighted by molar-refractivity contribution is 5.59. The van der Waals surface area contributed by atoms with Gasteiger partial charge in [-0.25, -0.2) is 9.37 Å². The molecule has 2 aromatic rings. The Morgan fingerprint density at radius 3 is 2.39 bits per heavy atom. The SMILES string of the molecule is Cc1cc(-c2ccc(F)cn2)cc(C(F)(F)F)n1. The highest BCUT2D eigenvalue weighted by Gasteiger charge is 2.33. The van der Waals surface area contributed by atoms with Gasteiger partial charge in [-0.05, 0) is 31.2 Å². The van der Waals surface area contributed by atoms with E-state index in [0.29, 0.717) is 0 Å². The third-order valence-electron chi connectivity index (χ3n) is 2.27. The molecule has 2 nitrogen and oxygen atoms in total. The number of aryl methyl sites for hydroxylation is 1. The molecule has 0 aliphatic rings. The Kier molecular flexibility index (Phi) is 3.02. The molecular formula is C12H8F4N2. The van der Waals surface area contributed by atoms with E-state index in [1.807, 2.05) is 0 Å². The first-order valence-corrected chi connectivity index (χ1v) is 5.04. The van der Waals surface area contributed by atoms with Gasteiger partial charge in [-0.1, -0.05) is 0 Å². The molecular weight excluding hydrogens is 248 g/mol. The minimum Gasteiger partial charge on any atom is -0.253 e. The molecule has 6 heteroatoms. The summed E-state index contributed by atoms with van der Waals surface area (Å²) in [5.74, 6) is -0.541. The first-order valence-electron chi connectivity index (χ1n) is 5.04. The average molecular weight is 256 g/mol. The van der Waals surface area contributed by atoms with E-state index < -0.39 is 17.7 Å². The zero-order valence-electron chi connectivity index (χ0n) is 9.29. The van der Waals surface area contributed by atoms with Crippen molar-refractivity contribution >= 4 is 0 Å². The summed E-state index contributed by atoms with van der Waals surface area (Å²) in [6, 6.07) is 4.83. The highest BCUT2D eigenvalue weighted by atomic mass is 19.4. The monoisotopic (exact) mass is 256 g/mol. The van der Waals surface area contributed by atoms with Crippen LogP contribution in [0.15, 0.2) is 30.5 Å². The van der Waals surface area contributed by atoms with Crippen molar-refractivity contribution in [3.8, 4) is 11.3 Å². The molecule has 0 atom stereocenters. The molecule has 0 aliphatic heterocycles. The van der Waals surface area contributed by atoms with Crippen LogP contribution in [0, 0.1) is 12.7 Å². The van der Waals surface area contributed by atoms with Crippen LogP contribution in [0.3, 0.4) is 0 Å². The molecule has 0 bridgehead atoms. The second-order valence-electron chi connectivity index (χ2n) is 3.74. The molecule has 0 saturated heterocycles. The normalized spacial score (nSPS) is 11.6. The van der Waals surface area contributed by atoms with Gasteiger partial charge >= 0.3 is 6.18 Å². The number of hydrogen-bond acceptors (Lipinski definition) is 2. The Morgan fingerprint density at radius 2 is 1.83 bits per heavy atom. The molecule has 0 radical (unpaired) electrons. The molecule has 0 unspecified atom stereocenters. The second-order valence-corrected chi connectivity index (χ2v) is 3.74. The van der Waals surface area contributed by atoms with E-state index in [2.05, 4.69) is 9.97 Å². The van der Waals surface area contributed by atoms with Gasteiger partial charge in [0.2, 0.25) is 0 Å². The lowest BCUT2D eigenvalue weighted by atomic mass is 10.1. The average Bonchev–Trinajstić information content (AvgIpc) is 2.28. The molecule has 94 valence electrons. The maximum Gasteiger partial charge on any atom is 0.433 e. The zero-order chi connectivity index (χ0) is 13.3. The van der Waals surface area contributed by atoms with Gasteiger partial charge in [0.15, 0.2) is 0 Å². The number of rotatable bonds is 1. The number of nitrogens with zero attached hydrogens (tertiary/aromatic N) is 2. The summed E-state index contributed by atoms with van der Waals surface area (Å²) < 4.78 is 50.4. The van der Waals surface area contributed by atoms with Crippen LogP contribution in [0.1, 0.15) is 11.4 Å². The maximum absolute atomic E-state index is 12.7. The molecule has 0 spiro atoms. The third kappa shape index (κ3) is 2.64. The predicted octanol–water partition coefficient (Wildman–Crippen LogP) is 3.61. The van der Waals surface area contributed by atoms with E-state index in [1.54, 1.807) is 0 Å². The van der Waals surface area contributed by atoms with Crippen LogP contribution in [-0.2, 0) is 6.18 Å². The molecule has 0 amide bonds. The van der Waals surface area contributed by atoms with Crippen molar-refractivity contribution in [2.24, 2.45) is 0 Å². The summed E-state index contributed by atoms with van der Waals surface area (Å²) in [4.78, 5) is 7.16. The van der Waals surface area contributed by atoms with E-state index >= 15 is 0 Å². The van der Waals surface area contributed by atoms with Gasteiger partial charge in [0, 0.05) is 11.3 Å². The van der Waals surface area contributed by atoms with Gasteiger partial charge in [0.05, 0.1) is 11.9 Å². The Balaban J connectivity index is 2.52. The molecule has 2 aromatic heterocycles. The van der Waals surface area contributed by atoms with Crippen molar-refractivity contribution in [3.63, 3.8) is 0 Å². The number of aromatic nitrogens is 2. The third-order valence-corrected chi connectivity index (χ3v) is 2.27. The van der Waals surface area contributed by atoms with Gasteiger partial charge in [-0.3, -0.25) is 4.98 Å². The first-order chi connectivity index (χ1) is 8.36. The van der Waals surface area contributed by atoms with Gasteiger partial charge in [0.25, 0.3) is 0 Å². The Morgan fingerprint density at radius 1 is 1.11 bits per heavy atom. The number of hydrogen-bond donors (Lipinski definition) is 0. The quantitative estimate of drug-likeness (QED) is 0.728. The molecule has 2 heterocycles. The fourth-order valence-electron chi connectivity index (χ4n) is 1.51. The van der Waals surface area contributed by atoms with Crippen molar-refractivity contribution in [2.75, 3.05) is 0 Å². The smallest absolute Gasteiger partial charge is 0.253 e. The summed E-state index contributed by atoms with van der Waals surface area (Å²) in [5, 5.41) is 0. The zero-order valence-corrected chi connectivity index (χ0v) is 9.29. The van der Waals surface area contributed by atoms with Crippen molar-refractivity contribution in [1.29, 1.82) is 0 Å². The predicted molar refractivity (Wildman–Crippen MR) is 57.2 cm³/mol. The van der Waals surface area contributed by atoms with E-state index in [0.717, 1.165) is 18.3 Å². The van der Waals surface area contributed by atoms with Crippen molar-refractivity contribution < 1.29 is 17.6 Å². The summed E-state index contributed by atoms with van der Waals surface area (Å²) in [5.41, 5.74) is -0.225. The van der Waals surface area contributed by atoms with Crippen LogP contribution in [0.4, 0.5) is 17.6 Å². The van der Waals surface area contributed by atoms with Crippen LogP contribution < -0.4 is 0 Å². The number of alkyl halides is 3. The Labute approximate surface area is 100 Å². The lowest BCUT2D eigenvalue weighted by Gasteiger charge is -2.09. The van der Waals surface area contributed by atoms with Crippen LogP contribution in [-0.4, -0.2) is 9.97 Å². The van der Waals surface area contributed by atoms with Gasteiger partial charge < -0.3 is 0 Å². The molecule has 0 N–H and O–H groups in total. The Bertz CT molecular complexity index is 561. The van der Waals surface area contributed by atoms with E-state index in [4.69, 9.17) is 0 Å². The number of pyridine rings is 2. The minimum absolute atomic E-state index is 0.228. The molecule has 0 fully saturated rings. The lowest BCUT2D eigenvalue weighted by molar-refractivity contribution is -0.141. The summed E-state index contributed by atoms with van der Waals surface area (Å²) in [6.45, 7) is 1.46. The lowest BCUT2D eigenvalue weighted by Crippen LogP contribution is -2.09. The molecule has 0 aromatic carbocycles. The molecule has 0 saturated carbocycles. The largest absolute Gasteiger partial charge is 0.433 e. The first kappa shape index (κ1) is 12.5. The van der Waals surface area contributed by atoms with Crippen LogP contribution in [0.25, 0.3) is 11.3 Å². The molecule has 2 rings (SSSR count). The van der Waals surface area contributed by atoms with E-state index in [9.17, 15) is 17.6 Å². The molecule has 18 heavy (non-hydrogen) atoms. The highest BCUT2D eigenvalue weighted by Crippen LogP contribution is 2.30. The van der Waals surface area contributed by atoms with Crippen LogP contribution >= 0.6 is 0 Å². The van der Waals surface area contributed by atoms with Crippen LogP contribution in [0.2, 0.25) is 0 Å². The van der Waals surface area contributed by atoms with Gasteiger partial charge in [0.1, 0.15) is 11.5 Å². The minimum atomic E-state index is -4.51. The molecule has 0 aliphatic carbocycles. The fraction of sp³-hybridized carbons (Fsp3) is 0.167.